The van der Waals surface area contributed by atoms with E-state index in [0.717, 1.165) is 60.2 Å². The van der Waals surface area contributed by atoms with Gasteiger partial charge in [0.05, 0.1) is 37.1 Å². The van der Waals surface area contributed by atoms with Crippen molar-refractivity contribution >= 4 is 22.7 Å². The number of hydrazone groups is 1. The highest BCUT2D eigenvalue weighted by molar-refractivity contribution is 6.03. The van der Waals surface area contributed by atoms with E-state index in [2.05, 4.69) is 9.88 Å². The molecular formula is C24H27N5O3. The highest BCUT2D eigenvalue weighted by atomic mass is 16.5. The zero-order valence-corrected chi connectivity index (χ0v) is 18.2. The maximum atomic E-state index is 13.3. The van der Waals surface area contributed by atoms with Crippen LogP contribution in [0.1, 0.15) is 30.3 Å². The number of ether oxygens (including phenoxy) is 2. The fourth-order valence-electron chi connectivity index (χ4n) is 4.23. The zero-order chi connectivity index (χ0) is 21.9. The highest BCUT2D eigenvalue weighted by Gasteiger charge is 2.35. The Balaban J connectivity index is 1.40. The fourth-order valence-corrected chi connectivity index (χ4v) is 4.23. The molecule has 0 radical (unpaired) electrons. The van der Waals surface area contributed by atoms with Gasteiger partial charge < -0.3 is 14.5 Å². The number of H-pyrrole nitrogens is 1. The minimum Gasteiger partial charge on any atom is -0.497 e. The lowest BCUT2D eigenvalue weighted by Gasteiger charge is -2.27. The van der Waals surface area contributed by atoms with E-state index in [9.17, 15) is 4.79 Å². The second kappa shape index (κ2) is 9.10. The Bertz CT molecular complexity index is 1090. The van der Waals surface area contributed by atoms with Crippen LogP contribution in [0.5, 0.6) is 5.75 Å². The Labute approximate surface area is 186 Å². The van der Waals surface area contributed by atoms with Crippen molar-refractivity contribution in [2.45, 2.75) is 18.9 Å². The topological polar surface area (TPSA) is 83.1 Å². The van der Waals surface area contributed by atoms with E-state index < -0.39 is 0 Å². The number of nitrogens with one attached hydrogen (secondary N) is 1. The number of hydrogen-bond acceptors (Lipinski definition) is 6. The molecule has 0 bridgehead atoms. The Morgan fingerprint density at radius 1 is 1.16 bits per heavy atom. The van der Waals surface area contributed by atoms with E-state index in [4.69, 9.17) is 19.6 Å². The molecule has 1 amide bonds. The molecule has 5 rings (SSSR count). The number of aromatic amines is 1. The van der Waals surface area contributed by atoms with E-state index in [-0.39, 0.29) is 11.9 Å². The van der Waals surface area contributed by atoms with Gasteiger partial charge in [-0.05, 0) is 42.0 Å². The molecule has 1 aromatic heterocycles. The van der Waals surface area contributed by atoms with Gasteiger partial charge in [-0.25, -0.2) is 9.99 Å². The van der Waals surface area contributed by atoms with Crippen LogP contribution in [0, 0.1) is 0 Å². The lowest BCUT2D eigenvalue weighted by Crippen LogP contribution is -2.39. The predicted octanol–water partition coefficient (Wildman–Crippen LogP) is 2.97. The summed E-state index contributed by atoms with van der Waals surface area (Å²) in [7, 11) is 1.65. The smallest absolute Gasteiger partial charge is 0.244 e. The number of nitrogens with zero attached hydrogens (tertiary/aromatic N) is 4. The van der Waals surface area contributed by atoms with Crippen LogP contribution in [0.25, 0.3) is 11.0 Å². The number of amides is 1. The van der Waals surface area contributed by atoms with Crippen LogP contribution in [0.2, 0.25) is 0 Å². The van der Waals surface area contributed by atoms with E-state index in [0.29, 0.717) is 19.4 Å². The minimum absolute atomic E-state index is 0.00506. The first-order chi connectivity index (χ1) is 15.7. The molecular weight excluding hydrogens is 406 g/mol. The molecule has 1 fully saturated rings. The minimum atomic E-state index is -0.253. The molecule has 0 aliphatic carbocycles. The first-order valence-corrected chi connectivity index (χ1v) is 11.0. The van der Waals surface area contributed by atoms with Crippen molar-refractivity contribution in [2.75, 3.05) is 40.0 Å². The zero-order valence-electron chi connectivity index (χ0n) is 18.2. The largest absolute Gasteiger partial charge is 0.497 e. The van der Waals surface area contributed by atoms with E-state index in [1.54, 1.807) is 12.1 Å². The van der Waals surface area contributed by atoms with Gasteiger partial charge >= 0.3 is 0 Å². The van der Waals surface area contributed by atoms with Gasteiger partial charge in [0.2, 0.25) is 5.91 Å². The summed E-state index contributed by atoms with van der Waals surface area (Å²) in [5.74, 6) is 1.56. The van der Waals surface area contributed by atoms with E-state index >= 15 is 0 Å². The van der Waals surface area contributed by atoms with Crippen LogP contribution in [-0.2, 0) is 9.53 Å². The number of aromatic nitrogens is 2. The third-order valence-corrected chi connectivity index (χ3v) is 6.06. The van der Waals surface area contributed by atoms with Crippen molar-refractivity contribution in [3.05, 3.63) is 59.9 Å². The molecule has 3 aromatic rings. The Kier molecular flexibility index (Phi) is 5.87. The van der Waals surface area contributed by atoms with Crippen molar-refractivity contribution in [3.63, 3.8) is 0 Å². The molecule has 166 valence electrons. The van der Waals surface area contributed by atoms with Gasteiger partial charge in [0, 0.05) is 32.5 Å². The summed E-state index contributed by atoms with van der Waals surface area (Å²) in [6.07, 6.45) is 1.02. The fraction of sp³-hybridized carbons (Fsp3) is 0.375. The molecule has 0 saturated carbocycles. The number of para-hydroxylation sites is 2. The Morgan fingerprint density at radius 2 is 1.94 bits per heavy atom. The number of morpholine rings is 1. The van der Waals surface area contributed by atoms with E-state index in [1.165, 1.54) is 0 Å². The molecule has 1 saturated heterocycles. The Morgan fingerprint density at radius 3 is 2.69 bits per heavy atom. The lowest BCUT2D eigenvalue weighted by atomic mass is 10.0. The summed E-state index contributed by atoms with van der Waals surface area (Å²) >= 11 is 0. The van der Waals surface area contributed by atoms with E-state index in [1.807, 2.05) is 48.5 Å². The van der Waals surface area contributed by atoms with Crippen LogP contribution in [0.15, 0.2) is 53.6 Å². The number of methoxy groups -OCH3 is 1. The highest BCUT2D eigenvalue weighted by Crippen LogP contribution is 2.33. The third-order valence-electron chi connectivity index (χ3n) is 6.06. The maximum absolute atomic E-state index is 13.3. The molecule has 2 aromatic carbocycles. The number of rotatable bonds is 6. The van der Waals surface area contributed by atoms with Crippen molar-refractivity contribution in [2.24, 2.45) is 5.10 Å². The van der Waals surface area contributed by atoms with Crippen LogP contribution in [0.3, 0.4) is 0 Å². The summed E-state index contributed by atoms with van der Waals surface area (Å²) in [6.45, 7) is 3.87. The van der Waals surface area contributed by atoms with Crippen LogP contribution in [-0.4, -0.2) is 71.5 Å². The molecule has 0 spiro atoms. The van der Waals surface area contributed by atoms with Gasteiger partial charge in [-0.15, -0.1) is 0 Å². The van der Waals surface area contributed by atoms with Crippen molar-refractivity contribution in [3.8, 4) is 5.75 Å². The molecule has 1 N–H and O–H groups in total. The summed E-state index contributed by atoms with van der Waals surface area (Å²) in [5.41, 5.74) is 3.70. The van der Waals surface area contributed by atoms with Crippen molar-refractivity contribution < 1.29 is 14.3 Å². The Hall–Kier alpha value is -3.23. The molecule has 2 aliphatic heterocycles. The van der Waals surface area contributed by atoms with Crippen molar-refractivity contribution in [1.82, 2.24) is 19.9 Å². The summed E-state index contributed by atoms with van der Waals surface area (Å²) in [4.78, 5) is 23.7. The number of fused-ring (bicyclic) bond motifs is 1. The third kappa shape index (κ3) is 4.24. The SMILES string of the molecule is COc1ccc(C2=NN(C(=O)CCN3CCOCC3)[C@H](c3nc4ccccc4[nH]3)C2)cc1. The summed E-state index contributed by atoms with van der Waals surface area (Å²) in [5, 5.41) is 6.38. The van der Waals surface area contributed by atoms with Crippen molar-refractivity contribution in [1.29, 1.82) is 0 Å². The number of carbonyl (C=O) groups excluding carboxylic acids is 1. The molecule has 2 aliphatic rings. The number of hydrogen-bond donors (Lipinski definition) is 1. The number of benzene rings is 2. The van der Waals surface area contributed by atoms with Gasteiger partial charge in [0.1, 0.15) is 17.6 Å². The van der Waals surface area contributed by atoms with Gasteiger partial charge in [0.25, 0.3) is 0 Å². The van der Waals surface area contributed by atoms with Crippen LogP contribution >= 0.6 is 0 Å². The number of imidazole rings is 1. The molecule has 1 atom stereocenters. The number of carbonyl (C=O) groups is 1. The average molecular weight is 434 g/mol. The van der Waals surface area contributed by atoms with Gasteiger partial charge in [-0.2, -0.15) is 5.10 Å². The van der Waals surface area contributed by atoms with Gasteiger partial charge in [-0.3, -0.25) is 9.69 Å². The summed E-state index contributed by atoms with van der Waals surface area (Å²) in [6, 6.07) is 15.4. The predicted molar refractivity (Wildman–Crippen MR) is 122 cm³/mol. The first-order valence-electron chi connectivity index (χ1n) is 11.0. The van der Waals surface area contributed by atoms with Crippen LogP contribution < -0.4 is 4.74 Å². The molecule has 8 heteroatoms. The molecule has 3 heterocycles. The average Bonchev–Trinajstić information content (AvgIpc) is 3.48. The maximum Gasteiger partial charge on any atom is 0.244 e. The quantitative estimate of drug-likeness (QED) is 0.646. The monoisotopic (exact) mass is 433 g/mol. The second-order valence-electron chi connectivity index (χ2n) is 8.08. The lowest BCUT2D eigenvalue weighted by molar-refractivity contribution is -0.133. The summed E-state index contributed by atoms with van der Waals surface area (Å²) < 4.78 is 10.7. The first kappa shape index (κ1) is 20.7. The molecule has 0 unspecified atom stereocenters. The van der Waals surface area contributed by atoms with Gasteiger partial charge in [-0.1, -0.05) is 12.1 Å². The molecule has 8 nitrogen and oxygen atoms in total. The van der Waals surface area contributed by atoms with Gasteiger partial charge in [0.15, 0.2) is 0 Å². The normalized spacial score (nSPS) is 19.3. The standard InChI is InChI=1S/C24H27N5O3/c1-31-18-8-6-17(7-9-18)21-16-22(24-25-19-4-2-3-5-20(19)26-24)29(27-21)23(30)10-11-28-12-14-32-15-13-28/h2-9,22H,10-16H2,1H3,(H,25,26)/t22-/m0/s1. The molecule has 32 heavy (non-hydrogen) atoms. The van der Waals surface area contributed by atoms with Crippen LogP contribution in [0.4, 0.5) is 0 Å². The second-order valence-corrected chi connectivity index (χ2v) is 8.08.